The van der Waals surface area contributed by atoms with Gasteiger partial charge in [-0.15, -0.1) is 11.3 Å². The number of rotatable bonds is 2. The normalized spacial score (nSPS) is 11.8. The molecule has 152 valence electrons. The van der Waals surface area contributed by atoms with Gasteiger partial charge in [-0.05, 0) is 41.5 Å². The third-order valence-corrected chi connectivity index (χ3v) is 7.77. The molecule has 0 bridgehead atoms. The fraction of sp³-hybridized carbons (Fsp3) is 0. The predicted molar refractivity (Wildman–Crippen MR) is 144 cm³/mol. The molecule has 0 spiro atoms. The smallest absolute Gasteiger partial charge is 0.115 e. The van der Waals surface area contributed by atoms with Crippen LogP contribution in [0.4, 0.5) is 0 Å². The number of fused-ring (bicyclic) bond motifs is 6. The van der Waals surface area contributed by atoms with Gasteiger partial charge in [-0.25, -0.2) is 0 Å². The van der Waals surface area contributed by atoms with Gasteiger partial charge in [0.15, 0.2) is 0 Å². The highest BCUT2D eigenvalue weighted by Crippen LogP contribution is 2.37. The summed E-state index contributed by atoms with van der Waals surface area (Å²) in [5.41, 5.74) is 6.73. The molecule has 0 aliphatic rings. The standard InChI is InChI=1S/C30H18BNS/c31-26-18-21(17-25-24-11-5-7-13-29(24)33-30(25)26)32-27-12-6-4-10-22(27)23-15-14-20(16-28(23)32)19-8-2-1-3-9-19/h1-18H. The molecule has 7 aromatic rings. The number of para-hydroxylation sites is 1. The van der Waals surface area contributed by atoms with E-state index in [1.807, 2.05) is 0 Å². The van der Waals surface area contributed by atoms with E-state index in [-0.39, 0.29) is 0 Å². The van der Waals surface area contributed by atoms with Crippen LogP contribution in [0.1, 0.15) is 0 Å². The quantitative estimate of drug-likeness (QED) is 0.246. The van der Waals surface area contributed by atoms with Gasteiger partial charge < -0.3 is 4.57 Å². The summed E-state index contributed by atoms with van der Waals surface area (Å²) < 4.78 is 4.79. The Hall–Kier alpha value is -3.82. The summed E-state index contributed by atoms with van der Waals surface area (Å²) in [6.07, 6.45) is 0. The van der Waals surface area contributed by atoms with E-state index in [9.17, 15) is 0 Å². The Labute approximate surface area is 196 Å². The first-order valence-corrected chi connectivity index (χ1v) is 11.9. The Kier molecular flexibility index (Phi) is 4.03. The van der Waals surface area contributed by atoms with Crippen LogP contribution in [0.3, 0.4) is 0 Å². The van der Waals surface area contributed by atoms with E-state index < -0.39 is 0 Å². The van der Waals surface area contributed by atoms with Crippen LogP contribution in [0.25, 0.3) is 58.8 Å². The summed E-state index contributed by atoms with van der Waals surface area (Å²) in [5.74, 6) is 0. The second kappa shape index (κ2) is 7.09. The van der Waals surface area contributed by atoms with Gasteiger partial charge in [0.1, 0.15) is 7.85 Å². The number of hydrogen-bond donors (Lipinski definition) is 0. The lowest BCUT2D eigenvalue weighted by molar-refractivity contribution is 1.19. The van der Waals surface area contributed by atoms with Crippen LogP contribution in [-0.4, -0.2) is 12.4 Å². The molecule has 0 saturated carbocycles. The lowest BCUT2D eigenvalue weighted by Gasteiger charge is -2.11. The highest BCUT2D eigenvalue weighted by Gasteiger charge is 2.15. The van der Waals surface area contributed by atoms with Crippen molar-refractivity contribution in [3.05, 3.63) is 109 Å². The third-order valence-electron chi connectivity index (χ3n) is 6.53. The molecule has 0 saturated heterocycles. The van der Waals surface area contributed by atoms with Crippen molar-refractivity contribution >= 4 is 66.6 Å². The third kappa shape index (κ3) is 2.79. The lowest BCUT2D eigenvalue weighted by atomic mass is 9.93. The molecule has 3 heteroatoms. The molecular weight excluding hydrogens is 417 g/mol. The van der Waals surface area contributed by atoms with Crippen LogP contribution in [0, 0.1) is 0 Å². The van der Waals surface area contributed by atoms with Gasteiger partial charge >= 0.3 is 0 Å². The highest BCUT2D eigenvalue weighted by molar-refractivity contribution is 7.26. The first kappa shape index (κ1) is 18.7. The van der Waals surface area contributed by atoms with Crippen LogP contribution in [-0.2, 0) is 0 Å². The lowest BCUT2D eigenvalue weighted by Crippen LogP contribution is -2.05. The number of aromatic nitrogens is 1. The average molecular weight is 435 g/mol. The topological polar surface area (TPSA) is 4.93 Å². The van der Waals surface area contributed by atoms with Crippen molar-refractivity contribution in [3.63, 3.8) is 0 Å². The Bertz CT molecular complexity index is 1830. The van der Waals surface area contributed by atoms with Crippen molar-refractivity contribution in [1.29, 1.82) is 0 Å². The molecule has 33 heavy (non-hydrogen) atoms. The minimum absolute atomic E-state index is 0.828. The molecule has 7 rings (SSSR count). The van der Waals surface area contributed by atoms with E-state index in [1.165, 1.54) is 48.4 Å². The van der Waals surface area contributed by atoms with Crippen LogP contribution < -0.4 is 5.46 Å². The Morgan fingerprint density at radius 2 is 1.27 bits per heavy atom. The molecule has 0 aliphatic carbocycles. The fourth-order valence-electron chi connectivity index (χ4n) is 5.03. The Balaban J connectivity index is 1.59. The zero-order valence-corrected chi connectivity index (χ0v) is 18.6. The molecule has 0 amide bonds. The van der Waals surface area contributed by atoms with E-state index in [4.69, 9.17) is 7.85 Å². The van der Waals surface area contributed by atoms with Gasteiger partial charge in [0.2, 0.25) is 0 Å². The number of benzene rings is 5. The molecule has 0 fully saturated rings. The molecule has 2 aromatic heterocycles. The minimum Gasteiger partial charge on any atom is -0.309 e. The SMILES string of the molecule is [B]c1cc(-n2c3ccccc3c3ccc(-c4ccccc4)cc32)cc2c1sc1ccccc12. The van der Waals surface area contributed by atoms with Crippen LogP contribution in [0.2, 0.25) is 0 Å². The van der Waals surface area contributed by atoms with Gasteiger partial charge in [-0.1, -0.05) is 84.3 Å². The summed E-state index contributed by atoms with van der Waals surface area (Å²) in [4.78, 5) is 0. The van der Waals surface area contributed by atoms with Crippen LogP contribution in [0.5, 0.6) is 0 Å². The van der Waals surface area contributed by atoms with Gasteiger partial charge in [-0.2, -0.15) is 0 Å². The average Bonchev–Trinajstić information content (AvgIpc) is 3.40. The van der Waals surface area contributed by atoms with E-state index in [2.05, 4.69) is 114 Å². The van der Waals surface area contributed by atoms with E-state index in [0.29, 0.717) is 0 Å². The molecule has 1 nitrogen and oxygen atoms in total. The molecule has 5 aromatic carbocycles. The first-order valence-electron chi connectivity index (χ1n) is 11.1. The summed E-state index contributed by atoms with van der Waals surface area (Å²) in [7, 11) is 6.63. The maximum Gasteiger partial charge on any atom is 0.115 e. The zero-order chi connectivity index (χ0) is 21.9. The molecular formula is C30H18BNS. The van der Waals surface area contributed by atoms with Crippen LogP contribution in [0.15, 0.2) is 109 Å². The number of thiophene rings is 1. The van der Waals surface area contributed by atoms with E-state index in [0.717, 1.165) is 15.9 Å². The van der Waals surface area contributed by atoms with Crippen molar-refractivity contribution in [1.82, 2.24) is 4.57 Å². The summed E-state index contributed by atoms with van der Waals surface area (Å²) >= 11 is 1.77. The number of hydrogen-bond acceptors (Lipinski definition) is 1. The van der Waals surface area contributed by atoms with Crippen molar-refractivity contribution in [2.24, 2.45) is 0 Å². The molecule has 0 unspecified atom stereocenters. The summed E-state index contributed by atoms with van der Waals surface area (Å²) in [6, 6.07) is 38.9. The van der Waals surface area contributed by atoms with Crippen molar-refractivity contribution in [2.75, 3.05) is 0 Å². The fourth-order valence-corrected chi connectivity index (χ4v) is 6.14. The van der Waals surface area contributed by atoms with Gasteiger partial charge in [0.25, 0.3) is 0 Å². The first-order chi connectivity index (χ1) is 16.3. The summed E-state index contributed by atoms with van der Waals surface area (Å²) in [5, 5.41) is 4.98. The molecule has 2 radical (unpaired) electrons. The van der Waals surface area contributed by atoms with Crippen molar-refractivity contribution in [3.8, 4) is 16.8 Å². The maximum absolute atomic E-state index is 6.63. The van der Waals surface area contributed by atoms with Crippen molar-refractivity contribution < 1.29 is 0 Å². The molecule has 0 atom stereocenters. The van der Waals surface area contributed by atoms with E-state index in [1.54, 1.807) is 11.3 Å². The second-order valence-corrected chi connectivity index (χ2v) is 9.51. The van der Waals surface area contributed by atoms with Gasteiger partial charge in [0.05, 0.1) is 11.0 Å². The number of nitrogens with zero attached hydrogens (tertiary/aromatic N) is 1. The Morgan fingerprint density at radius 3 is 2.15 bits per heavy atom. The minimum atomic E-state index is 0.828. The molecule has 2 heterocycles. The van der Waals surface area contributed by atoms with Crippen LogP contribution >= 0.6 is 11.3 Å². The Morgan fingerprint density at radius 1 is 0.545 bits per heavy atom. The molecule has 0 aliphatic heterocycles. The van der Waals surface area contributed by atoms with Crippen molar-refractivity contribution in [2.45, 2.75) is 0 Å². The molecule has 0 N–H and O–H groups in total. The highest BCUT2D eigenvalue weighted by atomic mass is 32.1. The van der Waals surface area contributed by atoms with Gasteiger partial charge in [-0.3, -0.25) is 0 Å². The second-order valence-electron chi connectivity index (χ2n) is 8.46. The monoisotopic (exact) mass is 435 g/mol. The largest absolute Gasteiger partial charge is 0.309 e. The summed E-state index contributed by atoms with van der Waals surface area (Å²) in [6.45, 7) is 0. The predicted octanol–water partition coefficient (Wildman–Crippen LogP) is 7.61. The zero-order valence-electron chi connectivity index (χ0n) is 17.8. The van der Waals surface area contributed by atoms with Gasteiger partial charge in [0, 0.05) is 36.6 Å². The van der Waals surface area contributed by atoms with E-state index >= 15 is 0 Å². The maximum atomic E-state index is 6.63.